The number of thiocarbonyl (C=S) groups is 1. The minimum atomic E-state index is -0.951. The Morgan fingerprint density at radius 2 is 2.00 bits per heavy atom. The van der Waals surface area contributed by atoms with Crippen LogP contribution in [-0.2, 0) is 16.1 Å². The number of anilines is 1. The van der Waals surface area contributed by atoms with Gasteiger partial charge in [-0.1, -0.05) is 5.21 Å². The van der Waals surface area contributed by atoms with Crippen molar-refractivity contribution in [2.24, 2.45) is 0 Å². The fourth-order valence-corrected chi connectivity index (χ4v) is 2.54. The van der Waals surface area contributed by atoms with Crippen LogP contribution in [0.4, 0.5) is 14.5 Å². The number of aliphatic hydroxyl groups is 2. The maximum Gasteiger partial charge on any atom is 0.256 e. The lowest BCUT2D eigenvalue weighted by Crippen LogP contribution is -2.39. The Morgan fingerprint density at radius 3 is 2.66 bits per heavy atom. The van der Waals surface area contributed by atoms with Gasteiger partial charge in [0.05, 0.1) is 44.8 Å². The summed E-state index contributed by atoms with van der Waals surface area (Å²) in [5.74, 6) is -2.03. The van der Waals surface area contributed by atoms with Crippen LogP contribution in [0.5, 0.6) is 0 Å². The third-order valence-electron chi connectivity index (χ3n) is 4.06. The van der Waals surface area contributed by atoms with Gasteiger partial charge in [-0.25, -0.2) is 13.5 Å². The summed E-state index contributed by atoms with van der Waals surface area (Å²) in [6, 6.07) is 2.21. The first-order valence-corrected chi connectivity index (χ1v) is 9.97. The molecular formula is C18H25F2N7O4S. The molecule has 0 aliphatic rings. The molecule has 14 heteroatoms. The predicted octanol–water partition coefficient (Wildman–Crippen LogP) is -0.963. The number of hydrogen-bond donors (Lipinski definition) is 6. The molecule has 0 unspecified atom stereocenters. The molecule has 32 heavy (non-hydrogen) atoms. The zero-order chi connectivity index (χ0) is 23.5. The lowest BCUT2D eigenvalue weighted by atomic mass is 10.2. The topological polar surface area (TPSA) is 146 Å². The highest BCUT2D eigenvalue weighted by Crippen LogP contribution is 2.22. The third kappa shape index (κ3) is 7.96. The molecule has 1 heterocycles. The molecule has 0 aliphatic heterocycles. The Morgan fingerprint density at radius 1 is 1.28 bits per heavy atom. The van der Waals surface area contributed by atoms with E-state index >= 15 is 0 Å². The zero-order valence-electron chi connectivity index (χ0n) is 17.3. The van der Waals surface area contributed by atoms with Crippen LogP contribution >= 0.6 is 12.2 Å². The van der Waals surface area contributed by atoms with E-state index in [0.717, 1.165) is 12.1 Å². The predicted molar refractivity (Wildman–Crippen MR) is 115 cm³/mol. The minimum absolute atomic E-state index is 0.0648. The first-order chi connectivity index (χ1) is 15.3. The number of benzene rings is 1. The van der Waals surface area contributed by atoms with E-state index in [0.29, 0.717) is 5.69 Å². The minimum Gasteiger partial charge on any atom is -0.474 e. The first kappa shape index (κ1) is 25.3. The van der Waals surface area contributed by atoms with Gasteiger partial charge in [0.15, 0.2) is 11.6 Å². The molecule has 1 aromatic heterocycles. The number of ether oxygens (including phenoxy) is 1. The van der Waals surface area contributed by atoms with Gasteiger partial charge in [-0.15, -0.1) is 5.10 Å². The number of hydrogen-bond acceptors (Lipinski definition) is 9. The standard InChI is InChI=1S/C18H25F2N7O4S/c1-31-18(32)24-6-11-9-27(26-25-11)12-4-14(19)17(15(20)5-12)23-3-2-22-16(30)8-21-7-13(29)10-28/h4-5,9,13,21,23,28-29H,2-3,6-8,10H2,1H3,(H,22,30)(H,24,32)/t13-/m1/s1. The second-order valence-electron chi connectivity index (χ2n) is 6.53. The molecule has 176 valence electrons. The molecule has 0 spiro atoms. The van der Waals surface area contributed by atoms with Crippen LogP contribution in [0.15, 0.2) is 18.3 Å². The van der Waals surface area contributed by atoms with Gasteiger partial charge in [0.25, 0.3) is 5.17 Å². The molecule has 0 saturated heterocycles. The molecular weight excluding hydrogens is 448 g/mol. The van der Waals surface area contributed by atoms with E-state index in [9.17, 15) is 13.6 Å². The SMILES string of the molecule is COC(=S)NCc1cn(-c2cc(F)c(NCCNC(=O)CNC[C@@H](O)CO)c(F)c2)nn1. The van der Waals surface area contributed by atoms with E-state index in [1.54, 1.807) is 0 Å². The van der Waals surface area contributed by atoms with Crippen molar-refractivity contribution < 1.29 is 28.5 Å². The average molecular weight is 474 g/mol. The largest absolute Gasteiger partial charge is 0.474 e. The van der Waals surface area contributed by atoms with Crippen LogP contribution in [0.25, 0.3) is 5.69 Å². The number of carbonyl (C=O) groups is 1. The lowest BCUT2D eigenvalue weighted by Gasteiger charge is -2.12. The zero-order valence-corrected chi connectivity index (χ0v) is 18.1. The van der Waals surface area contributed by atoms with E-state index in [4.69, 9.17) is 27.2 Å². The van der Waals surface area contributed by atoms with Gasteiger partial charge in [-0.3, -0.25) is 4.79 Å². The molecule has 6 N–H and O–H groups in total. The maximum absolute atomic E-state index is 14.4. The third-order valence-corrected chi connectivity index (χ3v) is 4.37. The molecule has 0 saturated carbocycles. The van der Waals surface area contributed by atoms with Gasteiger partial charge in [-0.05, 0) is 12.2 Å². The first-order valence-electron chi connectivity index (χ1n) is 9.56. The normalized spacial score (nSPS) is 11.7. The molecule has 0 aliphatic carbocycles. The second-order valence-corrected chi connectivity index (χ2v) is 6.90. The van der Waals surface area contributed by atoms with Crippen LogP contribution in [0.1, 0.15) is 5.69 Å². The molecule has 2 aromatic rings. The summed E-state index contributed by atoms with van der Waals surface area (Å²) in [6.45, 7) is 0.0208. The van der Waals surface area contributed by atoms with E-state index in [1.807, 2.05) is 0 Å². The van der Waals surface area contributed by atoms with Gasteiger partial charge in [0.1, 0.15) is 11.4 Å². The summed E-state index contributed by atoms with van der Waals surface area (Å²) in [5.41, 5.74) is 0.297. The van der Waals surface area contributed by atoms with Gasteiger partial charge in [0.2, 0.25) is 5.91 Å². The summed E-state index contributed by atoms with van der Waals surface area (Å²) in [6.07, 6.45) is 0.545. The fraction of sp³-hybridized carbons (Fsp3) is 0.444. The lowest BCUT2D eigenvalue weighted by molar-refractivity contribution is -0.120. The molecule has 0 fully saturated rings. The van der Waals surface area contributed by atoms with Crippen LogP contribution in [0, 0.1) is 11.6 Å². The smallest absolute Gasteiger partial charge is 0.256 e. The van der Waals surface area contributed by atoms with Crippen LogP contribution in [-0.4, -0.2) is 82.3 Å². The summed E-state index contributed by atoms with van der Waals surface area (Å²) in [5, 5.41) is 36.4. The number of nitrogens with zero attached hydrogens (tertiary/aromatic N) is 3. The molecule has 1 amide bonds. The Kier molecular flexibility index (Phi) is 10.1. The van der Waals surface area contributed by atoms with Crippen molar-refractivity contribution in [3.05, 3.63) is 35.7 Å². The molecule has 1 atom stereocenters. The monoisotopic (exact) mass is 473 g/mol. The Hall–Kier alpha value is -2.94. The van der Waals surface area contributed by atoms with Crippen molar-refractivity contribution in [3.8, 4) is 5.69 Å². The van der Waals surface area contributed by atoms with Crippen LogP contribution in [0.3, 0.4) is 0 Å². The highest BCUT2D eigenvalue weighted by atomic mass is 32.1. The Balaban J connectivity index is 1.84. The van der Waals surface area contributed by atoms with Gasteiger partial charge in [0, 0.05) is 31.8 Å². The van der Waals surface area contributed by atoms with Crippen LogP contribution < -0.4 is 21.3 Å². The second kappa shape index (κ2) is 12.8. The highest BCUT2D eigenvalue weighted by molar-refractivity contribution is 7.80. The van der Waals surface area contributed by atoms with Crippen LogP contribution in [0.2, 0.25) is 0 Å². The number of aromatic nitrogens is 3. The fourth-order valence-electron chi connectivity index (χ4n) is 2.47. The molecule has 1 aromatic carbocycles. The quantitative estimate of drug-likeness (QED) is 0.168. The van der Waals surface area contributed by atoms with Gasteiger partial charge in [-0.2, -0.15) is 0 Å². The van der Waals surface area contributed by atoms with Crippen molar-refractivity contribution in [3.63, 3.8) is 0 Å². The summed E-state index contributed by atoms with van der Waals surface area (Å²) in [4.78, 5) is 11.6. The Bertz CT molecular complexity index is 892. The van der Waals surface area contributed by atoms with Crippen molar-refractivity contribution in [2.45, 2.75) is 12.6 Å². The van der Waals surface area contributed by atoms with Crippen molar-refractivity contribution in [2.75, 3.05) is 45.2 Å². The van der Waals surface area contributed by atoms with Gasteiger partial charge >= 0.3 is 0 Å². The summed E-state index contributed by atoms with van der Waals surface area (Å²) < 4.78 is 34.9. The number of methoxy groups -OCH3 is 1. The average Bonchev–Trinajstić information content (AvgIpc) is 3.25. The van der Waals surface area contributed by atoms with Crippen molar-refractivity contribution in [1.29, 1.82) is 0 Å². The van der Waals surface area contributed by atoms with E-state index in [-0.39, 0.29) is 55.2 Å². The number of amides is 1. The van der Waals surface area contributed by atoms with Crippen molar-refractivity contribution in [1.82, 2.24) is 30.9 Å². The number of rotatable bonds is 12. The van der Waals surface area contributed by atoms with Gasteiger partial charge < -0.3 is 36.2 Å². The summed E-state index contributed by atoms with van der Waals surface area (Å²) in [7, 11) is 1.42. The number of halogens is 2. The van der Waals surface area contributed by atoms with E-state index in [2.05, 4.69) is 31.6 Å². The molecule has 11 nitrogen and oxygen atoms in total. The molecule has 2 rings (SSSR count). The number of carbonyl (C=O) groups excluding carboxylic acids is 1. The molecule has 0 radical (unpaired) electrons. The Labute approximate surface area is 188 Å². The van der Waals surface area contributed by atoms with E-state index in [1.165, 1.54) is 18.0 Å². The highest BCUT2D eigenvalue weighted by Gasteiger charge is 2.13. The molecule has 0 bridgehead atoms. The number of nitrogens with one attached hydrogen (secondary N) is 4. The summed E-state index contributed by atoms with van der Waals surface area (Å²) >= 11 is 4.86. The maximum atomic E-state index is 14.4. The number of aliphatic hydroxyl groups excluding tert-OH is 2. The van der Waals surface area contributed by atoms with E-state index < -0.39 is 24.3 Å². The van der Waals surface area contributed by atoms with Crippen molar-refractivity contribution >= 4 is 29.0 Å².